The number of hydrogen-bond donors (Lipinski definition) is 1. The van der Waals surface area contributed by atoms with Gasteiger partial charge in [-0.25, -0.2) is 8.42 Å². The number of ether oxygens (including phenoxy) is 3. The van der Waals surface area contributed by atoms with E-state index in [0.717, 1.165) is 15.4 Å². The number of sulfonamides is 1. The number of methoxy groups -OCH3 is 3. The molecule has 0 heterocycles. The maximum atomic E-state index is 14.3. The SMILES string of the molecule is COc1ccc(S(=O)(=O)N(CC(=O)N(Cc2ccccc2C)[C@H](C)C(=O)NC(C)C)c2cc(Cl)ccc2OC)cc1OC. The summed E-state index contributed by atoms with van der Waals surface area (Å²) in [6.07, 6.45) is 0. The molecular formula is C31H38ClN3O7S. The maximum absolute atomic E-state index is 14.3. The fourth-order valence-corrected chi connectivity index (χ4v) is 6.03. The lowest BCUT2D eigenvalue weighted by Gasteiger charge is -2.33. The number of nitrogens with zero attached hydrogens (tertiary/aromatic N) is 2. The third-order valence-corrected chi connectivity index (χ3v) is 8.82. The van der Waals surface area contributed by atoms with E-state index in [0.29, 0.717) is 5.75 Å². The van der Waals surface area contributed by atoms with Gasteiger partial charge in [0.15, 0.2) is 11.5 Å². The molecule has 1 N–H and O–H groups in total. The van der Waals surface area contributed by atoms with Crippen LogP contribution in [0.3, 0.4) is 0 Å². The zero-order valence-electron chi connectivity index (χ0n) is 25.4. The summed E-state index contributed by atoms with van der Waals surface area (Å²) >= 11 is 6.30. The van der Waals surface area contributed by atoms with Crippen LogP contribution in [0, 0.1) is 6.92 Å². The van der Waals surface area contributed by atoms with Crippen molar-refractivity contribution in [2.75, 3.05) is 32.2 Å². The number of halogens is 1. The molecule has 0 saturated carbocycles. The minimum absolute atomic E-state index is 0.0493. The minimum Gasteiger partial charge on any atom is -0.495 e. The van der Waals surface area contributed by atoms with E-state index in [-0.39, 0.29) is 45.6 Å². The molecular weight excluding hydrogens is 594 g/mol. The first-order valence-electron chi connectivity index (χ1n) is 13.6. The molecule has 10 nitrogen and oxygen atoms in total. The van der Waals surface area contributed by atoms with Crippen LogP contribution in [0.1, 0.15) is 31.9 Å². The third kappa shape index (κ3) is 7.91. The van der Waals surface area contributed by atoms with Gasteiger partial charge in [0, 0.05) is 23.7 Å². The smallest absolute Gasteiger partial charge is 0.265 e. The van der Waals surface area contributed by atoms with Crippen LogP contribution in [0.5, 0.6) is 17.2 Å². The summed E-state index contributed by atoms with van der Waals surface area (Å²) in [7, 11) is -0.208. The number of carbonyl (C=O) groups is 2. The Bertz CT molecular complexity index is 1560. The van der Waals surface area contributed by atoms with Gasteiger partial charge >= 0.3 is 0 Å². The maximum Gasteiger partial charge on any atom is 0.265 e. The standard InChI is InChI=1S/C31H38ClN3O7S/c1-20(2)33-31(37)22(4)34(18-23-11-9-8-10-21(23)3)30(36)19-35(26-16-24(32)12-14-27(26)40-5)43(38,39)25-13-15-28(41-6)29(17-25)42-7/h8-17,20,22H,18-19H2,1-7H3,(H,33,37)/t22-/m1/s1. The van der Waals surface area contributed by atoms with Gasteiger partial charge in [-0.05, 0) is 69.2 Å². The van der Waals surface area contributed by atoms with E-state index in [1.165, 1.54) is 56.6 Å². The molecule has 0 saturated heterocycles. The Kier molecular flexibility index (Phi) is 11.3. The number of amides is 2. The van der Waals surface area contributed by atoms with E-state index in [1.807, 2.05) is 45.0 Å². The van der Waals surface area contributed by atoms with Crippen LogP contribution in [0.25, 0.3) is 0 Å². The molecule has 0 aliphatic rings. The van der Waals surface area contributed by atoms with Crippen molar-refractivity contribution in [2.24, 2.45) is 0 Å². The molecule has 2 amide bonds. The Balaban J connectivity index is 2.16. The summed E-state index contributed by atoms with van der Waals surface area (Å²) in [5, 5.41) is 3.07. The summed E-state index contributed by atoms with van der Waals surface area (Å²) in [6.45, 7) is 6.58. The number of carbonyl (C=O) groups excluding carboxylic acids is 2. The van der Waals surface area contributed by atoms with Gasteiger partial charge in [0.05, 0.1) is 31.9 Å². The van der Waals surface area contributed by atoms with E-state index in [9.17, 15) is 18.0 Å². The lowest BCUT2D eigenvalue weighted by atomic mass is 10.1. The number of rotatable bonds is 13. The highest BCUT2D eigenvalue weighted by Crippen LogP contribution is 2.37. The van der Waals surface area contributed by atoms with E-state index in [4.69, 9.17) is 25.8 Å². The summed E-state index contributed by atoms with van der Waals surface area (Å²) in [6, 6.07) is 15.0. The quantitative estimate of drug-likeness (QED) is 0.288. The predicted molar refractivity (Wildman–Crippen MR) is 167 cm³/mol. The highest BCUT2D eigenvalue weighted by atomic mass is 35.5. The van der Waals surface area contributed by atoms with E-state index >= 15 is 0 Å². The van der Waals surface area contributed by atoms with Crippen molar-refractivity contribution in [3.05, 3.63) is 76.8 Å². The van der Waals surface area contributed by atoms with Gasteiger partial charge in [0.2, 0.25) is 11.8 Å². The average molecular weight is 632 g/mol. The molecule has 0 spiro atoms. The van der Waals surface area contributed by atoms with Crippen LogP contribution in [0.15, 0.2) is 65.6 Å². The zero-order chi connectivity index (χ0) is 31.9. The van der Waals surface area contributed by atoms with Crippen LogP contribution in [0.2, 0.25) is 5.02 Å². The number of nitrogens with one attached hydrogen (secondary N) is 1. The molecule has 0 aliphatic carbocycles. The second-order valence-electron chi connectivity index (χ2n) is 10.1. The van der Waals surface area contributed by atoms with Gasteiger partial charge in [0.25, 0.3) is 10.0 Å². The Hall–Kier alpha value is -3.96. The number of aryl methyl sites for hydroxylation is 1. The van der Waals surface area contributed by atoms with Gasteiger partial charge < -0.3 is 24.4 Å². The Morgan fingerprint density at radius 2 is 1.51 bits per heavy atom. The first-order valence-corrected chi connectivity index (χ1v) is 15.4. The highest BCUT2D eigenvalue weighted by Gasteiger charge is 2.34. The zero-order valence-corrected chi connectivity index (χ0v) is 27.0. The van der Waals surface area contributed by atoms with Crippen LogP contribution in [-0.2, 0) is 26.2 Å². The topological polar surface area (TPSA) is 114 Å². The van der Waals surface area contributed by atoms with E-state index in [1.54, 1.807) is 13.0 Å². The lowest BCUT2D eigenvalue weighted by molar-refractivity contribution is -0.139. The molecule has 0 fully saturated rings. The number of hydrogen-bond acceptors (Lipinski definition) is 7. The molecule has 43 heavy (non-hydrogen) atoms. The van der Waals surface area contributed by atoms with Gasteiger partial charge in [-0.1, -0.05) is 35.9 Å². The third-order valence-electron chi connectivity index (χ3n) is 6.83. The van der Waals surface area contributed by atoms with Crippen LogP contribution in [-0.4, -0.2) is 65.1 Å². The van der Waals surface area contributed by atoms with Crippen LogP contribution < -0.4 is 23.8 Å². The normalized spacial score (nSPS) is 11.9. The van der Waals surface area contributed by atoms with Crippen molar-refractivity contribution in [1.29, 1.82) is 0 Å². The van der Waals surface area contributed by atoms with E-state index in [2.05, 4.69) is 5.32 Å². The molecule has 232 valence electrons. The van der Waals surface area contributed by atoms with Gasteiger partial charge in [0.1, 0.15) is 18.3 Å². The molecule has 1 atom stereocenters. The van der Waals surface area contributed by atoms with Crippen molar-refractivity contribution in [2.45, 2.75) is 51.2 Å². The molecule has 3 rings (SSSR count). The first kappa shape index (κ1) is 33.5. The van der Waals surface area contributed by atoms with Gasteiger partial charge in [-0.3, -0.25) is 13.9 Å². The summed E-state index contributed by atoms with van der Waals surface area (Å²) < 4.78 is 45.6. The van der Waals surface area contributed by atoms with Crippen LogP contribution >= 0.6 is 11.6 Å². The fraction of sp³-hybridized carbons (Fsp3) is 0.355. The molecule has 0 radical (unpaired) electrons. The second kappa shape index (κ2) is 14.5. The van der Waals surface area contributed by atoms with Gasteiger partial charge in [-0.15, -0.1) is 0 Å². The van der Waals surface area contributed by atoms with Crippen molar-refractivity contribution < 1.29 is 32.2 Å². The largest absolute Gasteiger partial charge is 0.495 e. The summed E-state index contributed by atoms with van der Waals surface area (Å²) in [5.74, 6) is -0.281. The predicted octanol–water partition coefficient (Wildman–Crippen LogP) is 4.81. The molecule has 3 aromatic rings. The first-order chi connectivity index (χ1) is 20.3. The van der Waals surface area contributed by atoms with Crippen molar-refractivity contribution in [3.63, 3.8) is 0 Å². The molecule has 12 heteroatoms. The Labute approximate surface area is 258 Å². The van der Waals surface area contributed by atoms with Crippen molar-refractivity contribution in [3.8, 4) is 17.2 Å². The molecule has 0 aliphatic heterocycles. The van der Waals surface area contributed by atoms with Gasteiger partial charge in [-0.2, -0.15) is 0 Å². The monoisotopic (exact) mass is 631 g/mol. The van der Waals surface area contributed by atoms with Crippen molar-refractivity contribution >= 4 is 39.1 Å². The summed E-state index contributed by atoms with van der Waals surface area (Å²) in [5.41, 5.74) is 1.78. The fourth-order valence-electron chi connectivity index (χ4n) is 4.43. The van der Waals surface area contributed by atoms with E-state index < -0.39 is 28.5 Å². The number of anilines is 1. The minimum atomic E-state index is -4.42. The lowest BCUT2D eigenvalue weighted by Crippen LogP contribution is -2.52. The molecule has 3 aromatic carbocycles. The van der Waals surface area contributed by atoms with Crippen LogP contribution in [0.4, 0.5) is 5.69 Å². The summed E-state index contributed by atoms with van der Waals surface area (Å²) in [4.78, 5) is 28.5. The Morgan fingerprint density at radius 1 is 0.884 bits per heavy atom. The second-order valence-corrected chi connectivity index (χ2v) is 12.4. The highest BCUT2D eigenvalue weighted by molar-refractivity contribution is 7.92. The van der Waals surface area contributed by atoms with Crippen molar-refractivity contribution in [1.82, 2.24) is 10.2 Å². The average Bonchev–Trinajstić information content (AvgIpc) is 2.98. The molecule has 0 bridgehead atoms. The molecule has 0 aromatic heterocycles. The number of benzene rings is 3. The molecule has 0 unspecified atom stereocenters. The Morgan fingerprint density at radius 3 is 2.12 bits per heavy atom.